The molecule has 0 N–H and O–H groups in total. The standard InChI is InChI=1S/C12H16O3/c1-5-9(2)15-12-7-10(13-3)6-11(8-12)14-4/h5-9H,1H2,2-4H3. The molecule has 0 aromatic heterocycles. The molecule has 1 unspecified atom stereocenters. The Labute approximate surface area is 90.3 Å². The molecule has 0 aliphatic carbocycles. The van der Waals surface area contributed by atoms with Crippen LogP contribution in [0, 0.1) is 0 Å². The zero-order chi connectivity index (χ0) is 11.3. The van der Waals surface area contributed by atoms with Gasteiger partial charge < -0.3 is 14.2 Å². The third-order valence-electron chi connectivity index (χ3n) is 1.98. The lowest BCUT2D eigenvalue weighted by atomic mass is 10.3. The van der Waals surface area contributed by atoms with Crippen molar-refractivity contribution in [2.75, 3.05) is 14.2 Å². The summed E-state index contributed by atoms with van der Waals surface area (Å²) in [5.74, 6) is 2.12. The van der Waals surface area contributed by atoms with E-state index in [1.165, 1.54) is 0 Å². The average Bonchev–Trinajstić information content (AvgIpc) is 2.28. The topological polar surface area (TPSA) is 27.7 Å². The van der Waals surface area contributed by atoms with Crippen LogP contribution in [0.3, 0.4) is 0 Å². The summed E-state index contributed by atoms with van der Waals surface area (Å²) in [5, 5.41) is 0. The number of rotatable bonds is 5. The van der Waals surface area contributed by atoms with Gasteiger partial charge in [0.1, 0.15) is 23.4 Å². The van der Waals surface area contributed by atoms with Crippen molar-refractivity contribution in [1.29, 1.82) is 0 Å². The van der Waals surface area contributed by atoms with Crippen LogP contribution in [0.2, 0.25) is 0 Å². The van der Waals surface area contributed by atoms with Crippen LogP contribution < -0.4 is 14.2 Å². The van der Waals surface area contributed by atoms with E-state index in [9.17, 15) is 0 Å². The quantitative estimate of drug-likeness (QED) is 0.696. The summed E-state index contributed by atoms with van der Waals surface area (Å²) in [6.07, 6.45) is 1.69. The van der Waals surface area contributed by atoms with Crippen molar-refractivity contribution in [3.8, 4) is 17.2 Å². The predicted molar refractivity (Wildman–Crippen MR) is 59.8 cm³/mol. The van der Waals surface area contributed by atoms with Crippen LogP contribution >= 0.6 is 0 Å². The van der Waals surface area contributed by atoms with E-state index in [1.807, 2.05) is 19.1 Å². The van der Waals surface area contributed by atoms with E-state index in [1.54, 1.807) is 26.4 Å². The highest BCUT2D eigenvalue weighted by Gasteiger charge is 2.04. The Morgan fingerprint density at radius 3 is 1.93 bits per heavy atom. The first-order valence-electron chi connectivity index (χ1n) is 4.72. The molecule has 82 valence electrons. The van der Waals surface area contributed by atoms with Crippen LogP contribution in [0.5, 0.6) is 17.2 Å². The van der Waals surface area contributed by atoms with Gasteiger partial charge in [-0.1, -0.05) is 12.7 Å². The Bertz CT molecular complexity index is 311. The second kappa shape index (κ2) is 5.29. The largest absolute Gasteiger partial charge is 0.496 e. The highest BCUT2D eigenvalue weighted by atomic mass is 16.5. The van der Waals surface area contributed by atoms with Crippen molar-refractivity contribution < 1.29 is 14.2 Å². The molecule has 0 saturated carbocycles. The molecule has 1 rings (SSSR count). The van der Waals surface area contributed by atoms with Crippen molar-refractivity contribution in [3.05, 3.63) is 30.9 Å². The number of methoxy groups -OCH3 is 2. The minimum absolute atomic E-state index is 0.0400. The third kappa shape index (κ3) is 3.20. The molecule has 15 heavy (non-hydrogen) atoms. The van der Waals surface area contributed by atoms with Crippen molar-refractivity contribution >= 4 is 0 Å². The van der Waals surface area contributed by atoms with Gasteiger partial charge in [-0.25, -0.2) is 0 Å². The lowest BCUT2D eigenvalue weighted by Crippen LogP contribution is -2.07. The van der Waals surface area contributed by atoms with Gasteiger partial charge in [-0.15, -0.1) is 0 Å². The van der Waals surface area contributed by atoms with E-state index in [4.69, 9.17) is 14.2 Å². The normalized spacial score (nSPS) is 11.7. The Hall–Kier alpha value is -1.64. The summed E-state index contributed by atoms with van der Waals surface area (Å²) in [4.78, 5) is 0. The zero-order valence-electron chi connectivity index (χ0n) is 9.32. The molecule has 1 aromatic carbocycles. The molecule has 0 saturated heterocycles. The Morgan fingerprint density at radius 2 is 1.53 bits per heavy atom. The van der Waals surface area contributed by atoms with Crippen LogP contribution in [-0.2, 0) is 0 Å². The summed E-state index contributed by atoms with van der Waals surface area (Å²) in [5.41, 5.74) is 0. The lowest BCUT2D eigenvalue weighted by Gasteiger charge is -2.12. The fourth-order valence-electron chi connectivity index (χ4n) is 1.11. The highest BCUT2D eigenvalue weighted by molar-refractivity contribution is 5.42. The van der Waals surface area contributed by atoms with Gasteiger partial charge in [-0.2, -0.15) is 0 Å². The van der Waals surface area contributed by atoms with Gasteiger partial charge >= 0.3 is 0 Å². The first-order valence-corrected chi connectivity index (χ1v) is 4.72. The van der Waals surface area contributed by atoms with Gasteiger partial charge in [0.05, 0.1) is 14.2 Å². The molecule has 1 aromatic rings. The molecule has 0 fully saturated rings. The van der Waals surface area contributed by atoms with Crippen LogP contribution in [0.4, 0.5) is 0 Å². The van der Waals surface area contributed by atoms with Gasteiger partial charge in [0.2, 0.25) is 0 Å². The van der Waals surface area contributed by atoms with Gasteiger partial charge in [0, 0.05) is 18.2 Å². The summed E-state index contributed by atoms with van der Waals surface area (Å²) in [6.45, 7) is 5.57. The van der Waals surface area contributed by atoms with E-state index in [2.05, 4.69) is 6.58 Å². The molecule has 0 spiro atoms. The maximum absolute atomic E-state index is 5.57. The van der Waals surface area contributed by atoms with Crippen molar-refractivity contribution in [2.24, 2.45) is 0 Å². The SMILES string of the molecule is C=CC(C)Oc1cc(OC)cc(OC)c1. The van der Waals surface area contributed by atoms with Crippen molar-refractivity contribution in [2.45, 2.75) is 13.0 Å². The second-order valence-electron chi connectivity index (χ2n) is 3.11. The average molecular weight is 208 g/mol. The molecule has 3 heteroatoms. The van der Waals surface area contributed by atoms with Gasteiger partial charge in [0.25, 0.3) is 0 Å². The molecule has 0 radical (unpaired) electrons. The molecular weight excluding hydrogens is 192 g/mol. The first-order chi connectivity index (χ1) is 7.19. The minimum Gasteiger partial charge on any atom is -0.496 e. The molecular formula is C12H16O3. The first kappa shape index (κ1) is 11.4. The van der Waals surface area contributed by atoms with E-state index in [0.717, 1.165) is 0 Å². The van der Waals surface area contributed by atoms with Gasteiger partial charge in [-0.3, -0.25) is 0 Å². The smallest absolute Gasteiger partial charge is 0.127 e. The highest BCUT2D eigenvalue weighted by Crippen LogP contribution is 2.27. The third-order valence-corrected chi connectivity index (χ3v) is 1.98. The number of ether oxygens (including phenoxy) is 3. The summed E-state index contributed by atoms with van der Waals surface area (Å²) < 4.78 is 15.8. The zero-order valence-corrected chi connectivity index (χ0v) is 9.32. The second-order valence-corrected chi connectivity index (χ2v) is 3.11. The lowest BCUT2D eigenvalue weighted by molar-refractivity contribution is 0.266. The summed E-state index contributed by atoms with van der Waals surface area (Å²) >= 11 is 0. The maximum atomic E-state index is 5.57. The molecule has 0 aliphatic heterocycles. The van der Waals surface area contributed by atoms with Crippen LogP contribution in [0.25, 0.3) is 0 Å². The van der Waals surface area contributed by atoms with E-state index in [0.29, 0.717) is 17.2 Å². The molecule has 0 amide bonds. The number of benzene rings is 1. The minimum atomic E-state index is -0.0400. The Kier molecular flexibility index (Phi) is 4.03. The summed E-state index contributed by atoms with van der Waals surface area (Å²) in [6, 6.07) is 5.41. The monoisotopic (exact) mass is 208 g/mol. The van der Waals surface area contributed by atoms with Gasteiger partial charge in [-0.05, 0) is 6.92 Å². The fourth-order valence-corrected chi connectivity index (χ4v) is 1.11. The number of hydrogen-bond donors (Lipinski definition) is 0. The van der Waals surface area contributed by atoms with Crippen LogP contribution in [0.15, 0.2) is 30.9 Å². The Balaban J connectivity index is 2.91. The maximum Gasteiger partial charge on any atom is 0.127 e. The number of hydrogen-bond acceptors (Lipinski definition) is 3. The molecule has 0 heterocycles. The molecule has 0 bridgehead atoms. The van der Waals surface area contributed by atoms with Crippen LogP contribution in [0.1, 0.15) is 6.92 Å². The van der Waals surface area contributed by atoms with Gasteiger partial charge in [0.15, 0.2) is 0 Å². The Morgan fingerprint density at radius 1 is 1.07 bits per heavy atom. The predicted octanol–water partition coefficient (Wildman–Crippen LogP) is 2.66. The molecule has 0 aliphatic rings. The molecule has 3 nitrogen and oxygen atoms in total. The van der Waals surface area contributed by atoms with E-state index >= 15 is 0 Å². The van der Waals surface area contributed by atoms with Crippen molar-refractivity contribution in [3.63, 3.8) is 0 Å². The van der Waals surface area contributed by atoms with Crippen molar-refractivity contribution in [1.82, 2.24) is 0 Å². The van der Waals surface area contributed by atoms with Crippen LogP contribution in [-0.4, -0.2) is 20.3 Å². The van der Waals surface area contributed by atoms with E-state index in [-0.39, 0.29) is 6.10 Å². The summed E-state index contributed by atoms with van der Waals surface area (Å²) in [7, 11) is 3.21. The fraction of sp³-hybridized carbons (Fsp3) is 0.333. The molecule has 1 atom stereocenters. The van der Waals surface area contributed by atoms with E-state index < -0.39 is 0 Å².